The van der Waals surface area contributed by atoms with Gasteiger partial charge in [0.25, 0.3) is 0 Å². The monoisotopic (exact) mass is 310 g/mol. The lowest BCUT2D eigenvalue weighted by Gasteiger charge is -2.07. The van der Waals surface area contributed by atoms with Gasteiger partial charge in [-0.3, -0.25) is 0 Å². The molecule has 2 aromatic rings. The van der Waals surface area contributed by atoms with Crippen LogP contribution in [0.5, 0.6) is 0 Å². The molecule has 21 heavy (non-hydrogen) atoms. The number of hydrogen-bond donors (Lipinski definition) is 0. The number of esters is 1. The van der Waals surface area contributed by atoms with E-state index in [1.54, 1.807) is 20.1 Å². The van der Waals surface area contributed by atoms with Gasteiger partial charge in [-0.05, 0) is 31.9 Å². The fraction of sp³-hybridized carbons (Fsp3) is 0.467. The minimum absolute atomic E-state index is 0.237. The number of ether oxygens (including phenoxy) is 2. The van der Waals surface area contributed by atoms with E-state index in [0.717, 1.165) is 29.4 Å². The molecule has 2 rings (SSSR count). The summed E-state index contributed by atoms with van der Waals surface area (Å²) >= 11 is 6.23. The molecule has 0 aliphatic heterocycles. The smallest absolute Gasteiger partial charge is 0.357 e. The van der Waals surface area contributed by atoms with Crippen molar-refractivity contribution >= 4 is 28.5 Å². The Kier molecular flexibility index (Phi) is 5.20. The Balaban J connectivity index is 2.44. The van der Waals surface area contributed by atoms with Crippen molar-refractivity contribution in [1.29, 1.82) is 0 Å². The average Bonchev–Trinajstić information content (AvgIpc) is 2.76. The minimum Gasteiger partial charge on any atom is -0.461 e. The maximum absolute atomic E-state index is 11.8. The summed E-state index contributed by atoms with van der Waals surface area (Å²) in [6.07, 6.45) is 2.90. The Morgan fingerprint density at radius 1 is 1.48 bits per heavy atom. The van der Waals surface area contributed by atoms with E-state index < -0.39 is 5.97 Å². The van der Waals surface area contributed by atoms with Crippen molar-refractivity contribution in [2.45, 2.75) is 26.8 Å². The molecule has 0 aliphatic rings. The Hall–Kier alpha value is -1.59. The maximum atomic E-state index is 11.8. The quantitative estimate of drug-likeness (QED) is 0.467. The molecule has 0 aromatic carbocycles. The standard InChI is InChI=1S/C15H19ClN2O3/c1-4-21-15(19)11-8-12-13(14(16)17-11)10(2)9-18(12)6-5-7-20-3/h8-9H,4-7H2,1-3H3. The number of halogens is 1. The average molecular weight is 311 g/mol. The van der Waals surface area contributed by atoms with Gasteiger partial charge in [0.05, 0.1) is 12.1 Å². The van der Waals surface area contributed by atoms with Gasteiger partial charge in [-0.15, -0.1) is 0 Å². The molecular formula is C15H19ClN2O3. The van der Waals surface area contributed by atoms with Crippen molar-refractivity contribution in [2.24, 2.45) is 0 Å². The molecule has 0 saturated heterocycles. The molecule has 0 radical (unpaired) electrons. The van der Waals surface area contributed by atoms with E-state index in [2.05, 4.69) is 9.55 Å². The lowest BCUT2D eigenvalue weighted by atomic mass is 10.2. The van der Waals surface area contributed by atoms with E-state index in [9.17, 15) is 4.79 Å². The molecular weight excluding hydrogens is 292 g/mol. The SMILES string of the molecule is CCOC(=O)c1cc2c(c(C)cn2CCCOC)c(Cl)n1. The van der Waals surface area contributed by atoms with Gasteiger partial charge >= 0.3 is 5.97 Å². The number of rotatable bonds is 6. The second kappa shape index (κ2) is 6.91. The minimum atomic E-state index is -0.455. The molecule has 2 heterocycles. The molecule has 0 fully saturated rings. The summed E-state index contributed by atoms with van der Waals surface area (Å²) in [6.45, 7) is 5.52. The van der Waals surface area contributed by atoms with E-state index in [0.29, 0.717) is 18.4 Å². The number of aryl methyl sites for hydroxylation is 2. The number of hydrogen-bond acceptors (Lipinski definition) is 4. The maximum Gasteiger partial charge on any atom is 0.357 e. The first-order valence-electron chi connectivity index (χ1n) is 6.90. The molecule has 5 nitrogen and oxygen atoms in total. The van der Waals surface area contributed by atoms with Crippen LogP contribution in [0.25, 0.3) is 10.9 Å². The molecule has 0 N–H and O–H groups in total. The summed E-state index contributed by atoms with van der Waals surface area (Å²) in [5.74, 6) is -0.455. The van der Waals surface area contributed by atoms with Crippen molar-refractivity contribution in [1.82, 2.24) is 9.55 Å². The summed E-state index contributed by atoms with van der Waals surface area (Å²) in [5.41, 5.74) is 2.17. The fourth-order valence-electron chi connectivity index (χ4n) is 2.33. The zero-order valence-electron chi connectivity index (χ0n) is 12.5. The Morgan fingerprint density at radius 3 is 2.90 bits per heavy atom. The zero-order valence-corrected chi connectivity index (χ0v) is 13.2. The second-order valence-corrected chi connectivity index (χ2v) is 5.12. The van der Waals surface area contributed by atoms with Crippen LogP contribution in [0.1, 0.15) is 29.4 Å². The topological polar surface area (TPSA) is 53.4 Å². The van der Waals surface area contributed by atoms with Gasteiger partial charge in [0.15, 0.2) is 5.69 Å². The van der Waals surface area contributed by atoms with Crippen LogP contribution in [0, 0.1) is 6.92 Å². The third-order valence-electron chi connectivity index (χ3n) is 3.24. The predicted molar refractivity (Wildman–Crippen MR) is 81.9 cm³/mol. The van der Waals surface area contributed by atoms with Gasteiger partial charge in [-0.25, -0.2) is 9.78 Å². The fourth-order valence-corrected chi connectivity index (χ4v) is 2.67. The van der Waals surface area contributed by atoms with Gasteiger partial charge in [-0.2, -0.15) is 0 Å². The number of nitrogens with zero attached hydrogens (tertiary/aromatic N) is 2. The first kappa shape index (κ1) is 15.8. The number of aromatic nitrogens is 2. The highest BCUT2D eigenvalue weighted by atomic mass is 35.5. The largest absolute Gasteiger partial charge is 0.461 e. The Morgan fingerprint density at radius 2 is 2.24 bits per heavy atom. The summed E-state index contributed by atoms with van der Waals surface area (Å²) in [4.78, 5) is 16.0. The Bertz CT molecular complexity index is 652. The number of methoxy groups -OCH3 is 1. The predicted octanol–water partition coefficient (Wildman–Crippen LogP) is 3.21. The molecule has 0 aliphatic carbocycles. The van der Waals surface area contributed by atoms with Crippen LogP contribution in [-0.2, 0) is 16.0 Å². The van der Waals surface area contributed by atoms with Crippen LogP contribution >= 0.6 is 11.6 Å². The van der Waals surface area contributed by atoms with E-state index >= 15 is 0 Å². The van der Waals surface area contributed by atoms with Gasteiger partial charge in [0.2, 0.25) is 0 Å². The van der Waals surface area contributed by atoms with E-state index in [-0.39, 0.29) is 5.69 Å². The van der Waals surface area contributed by atoms with Crippen LogP contribution in [0.15, 0.2) is 12.3 Å². The van der Waals surface area contributed by atoms with Crippen LogP contribution in [0.3, 0.4) is 0 Å². The number of carbonyl (C=O) groups excluding carboxylic acids is 1. The summed E-state index contributed by atoms with van der Waals surface area (Å²) < 4.78 is 12.1. The third-order valence-corrected chi connectivity index (χ3v) is 3.51. The van der Waals surface area contributed by atoms with E-state index in [4.69, 9.17) is 21.1 Å². The van der Waals surface area contributed by atoms with Crippen molar-refractivity contribution in [3.63, 3.8) is 0 Å². The first-order valence-corrected chi connectivity index (χ1v) is 7.28. The Labute approximate surface area is 128 Å². The summed E-state index contributed by atoms with van der Waals surface area (Å²) in [5, 5.41) is 1.21. The van der Waals surface area contributed by atoms with Gasteiger partial charge in [-0.1, -0.05) is 11.6 Å². The molecule has 0 saturated carbocycles. The molecule has 114 valence electrons. The van der Waals surface area contributed by atoms with E-state index in [1.807, 2.05) is 13.1 Å². The lowest BCUT2D eigenvalue weighted by molar-refractivity contribution is 0.0519. The molecule has 0 unspecified atom stereocenters. The van der Waals surface area contributed by atoms with Crippen molar-refractivity contribution in [3.8, 4) is 0 Å². The number of pyridine rings is 1. The number of carbonyl (C=O) groups is 1. The highest BCUT2D eigenvalue weighted by Gasteiger charge is 2.16. The second-order valence-electron chi connectivity index (χ2n) is 4.76. The lowest BCUT2D eigenvalue weighted by Crippen LogP contribution is -2.08. The van der Waals surface area contributed by atoms with Crippen LogP contribution in [-0.4, -0.2) is 35.8 Å². The van der Waals surface area contributed by atoms with Gasteiger partial charge < -0.3 is 14.0 Å². The summed E-state index contributed by atoms with van der Waals surface area (Å²) in [6, 6.07) is 1.74. The van der Waals surface area contributed by atoms with Gasteiger partial charge in [0.1, 0.15) is 5.15 Å². The van der Waals surface area contributed by atoms with Crippen LogP contribution in [0.2, 0.25) is 5.15 Å². The van der Waals surface area contributed by atoms with E-state index in [1.165, 1.54) is 0 Å². The molecule has 0 bridgehead atoms. The molecule has 0 spiro atoms. The molecule has 6 heteroatoms. The van der Waals surface area contributed by atoms with Gasteiger partial charge in [0, 0.05) is 31.8 Å². The molecule has 0 atom stereocenters. The highest BCUT2D eigenvalue weighted by molar-refractivity contribution is 6.34. The zero-order chi connectivity index (χ0) is 15.4. The van der Waals surface area contributed by atoms with Crippen molar-refractivity contribution in [3.05, 3.63) is 28.7 Å². The normalized spacial score (nSPS) is 11.0. The molecule has 0 amide bonds. The highest BCUT2D eigenvalue weighted by Crippen LogP contribution is 2.28. The van der Waals surface area contributed by atoms with Crippen LogP contribution < -0.4 is 0 Å². The number of fused-ring (bicyclic) bond motifs is 1. The van der Waals surface area contributed by atoms with Crippen molar-refractivity contribution < 1.29 is 14.3 Å². The van der Waals surface area contributed by atoms with Crippen LogP contribution in [0.4, 0.5) is 0 Å². The summed E-state index contributed by atoms with van der Waals surface area (Å²) in [7, 11) is 1.68. The van der Waals surface area contributed by atoms with Crippen molar-refractivity contribution in [2.75, 3.05) is 20.3 Å². The third kappa shape index (κ3) is 3.36. The first-order chi connectivity index (χ1) is 10.1. The molecule has 2 aromatic heterocycles.